The zero-order chi connectivity index (χ0) is 12.3. The Morgan fingerprint density at radius 3 is 2.76 bits per heavy atom. The largest absolute Gasteiger partial charge is 0.310 e. The van der Waals surface area contributed by atoms with E-state index >= 15 is 0 Å². The van der Waals surface area contributed by atoms with Gasteiger partial charge in [-0.2, -0.15) is 5.10 Å². The predicted octanol–water partition coefficient (Wildman–Crippen LogP) is 2.59. The first-order valence-corrected chi connectivity index (χ1v) is 5.97. The second kappa shape index (κ2) is 5.15. The minimum Gasteiger partial charge on any atom is -0.310 e. The van der Waals surface area contributed by atoms with Crippen LogP contribution >= 0.6 is 0 Å². The third kappa shape index (κ3) is 2.94. The van der Waals surface area contributed by atoms with Crippen molar-refractivity contribution in [3.8, 4) is 11.3 Å². The molecule has 0 fully saturated rings. The normalized spacial score (nSPS) is 11.1. The first-order chi connectivity index (χ1) is 8.16. The number of benzene rings is 1. The summed E-state index contributed by atoms with van der Waals surface area (Å²) in [5.74, 6) is 0. The summed E-state index contributed by atoms with van der Waals surface area (Å²) in [6.07, 6.45) is 1.83. The van der Waals surface area contributed by atoms with Gasteiger partial charge in [0.05, 0.1) is 5.69 Å². The van der Waals surface area contributed by atoms with Crippen molar-refractivity contribution in [3.63, 3.8) is 0 Å². The molecule has 2 aromatic rings. The number of aryl methyl sites for hydroxylation is 1. The van der Waals surface area contributed by atoms with E-state index in [1.54, 1.807) is 0 Å². The van der Waals surface area contributed by atoms with Gasteiger partial charge in [-0.1, -0.05) is 32.0 Å². The summed E-state index contributed by atoms with van der Waals surface area (Å²) < 4.78 is 1.90. The first kappa shape index (κ1) is 11.9. The SMILES string of the molecule is CC(C)NCc1cccc(-c2ccnn2C)c1. The molecular weight excluding hydrogens is 210 g/mol. The van der Waals surface area contributed by atoms with Crippen LogP contribution in [0.4, 0.5) is 0 Å². The molecule has 17 heavy (non-hydrogen) atoms. The van der Waals surface area contributed by atoms with E-state index in [2.05, 4.69) is 48.5 Å². The number of aromatic nitrogens is 2. The molecule has 3 nitrogen and oxygen atoms in total. The van der Waals surface area contributed by atoms with Crippen LogP contribution in [-0.2, 0) is 13.6 Å². The topological polar surface area (TPSA) is 29.9 Å². The summed E-state index contributed by atoms with van der Waals surface area (Å²) in [6, 6.07) is 11.1. The van der Waals surface area contributed by atoms with E-state index in [-0.39, 0.29) is 0 Å². The third-order valence-corrected chi connectivity index (χ3v) is 2.76. The lowest BCUT2D eigenvalue weighted by atomic mass is 10.1. The smallest absolute Gasteiger partial charge is 0.0678 e. The van der Waals surface area contributed by atoms with E-state index in [9.17, 15) is 0 Å². The number of rotatable bonds is 4. The van der Waals surface area contributed by atoms with Gasteiger partial charge in [-0.25, -0.2) is 0 Å². The third-order valence-electron chi connectivity index (χ3n) is 2.76. The lowest BCUT2D eigenvalue weighted by Gasteiger charge is -2.09. The Morgan fingerprint density at radius 1 is 1.29 bits per heavy atom. The number of nitrogens with one attached hydrogen (secondary N) is 1. The van der Waals surface area contributed by atoms with Gasteiger partial charge >= 0.3 is 0 Å². The summed E-state index contributed by atoms with van der Waals surface area (Å²) in [6.45, 7) is 5.22. The van der Waals surface area contributed by atoms with Crippen molar-refractivity contribution in [2.75, 3.05) is 0 Å². The van der Waals surface area contributed by atoms with Crippen molar-refractivity contribution in [2.45, 2.75) is 26.4 Å². The molecule has 0 radical (unpaired) electrons. The Morgan fingerprint density at radius 2 is 2.12 bits per heavy atom. The van der Waals surface area contributed by atoms with Gasteiger partial charge in [-0.3, -0.25) is 4.68 Å². The van der Waals surface area contributed by atoms with Crippen LogP contribution in [0.15, 0.2) is 36.5 Å². The minimum absolute atomic E-state index is 0.510. The van der Waals surface area contributed by atoms with Gasteiger partial charge in [0.2, 0.25) is 0 Å². The van der Waals surface area contributed by atoms with E-state index in [4.69, 9.17) is 0 Å². The molecule has 90 valence electrons. The molecule has 1 aromatic carbocycles. The van der Waals surface area contributed by atoms with Gasteiger partial charge in [0.25, 0.3) is 0 Å². The average molecular weight is 229 g/mol. The highest BCUT2D eigenvalue weighted by Gasteiger charge is 2.03. The van der Waals surface area contributed by atoms with Crippen LogP contribution < -0.4 is 5.32 Å². The number of hydrogen-bond acceptors (Lipinski definition) is 2. The lowest BCUT2D eigenvalue weighted by Crippen LogP contribution is -2.21. The van der Waals surface area contributed by atoms with Crippen molar-refractivity contribution in [3.05, 3.63) is 42.1 Å². The summed E-state index contributed by atoms with van der Waals surface area (Å²) in [5, 5.41) is 7.62. The maximum absolute atomic E-state index is 4.20. The molecular formula is C14H19N3. The second-order valence-electron chi connectivity index (χ2n) is 4.58. The van der Waals surface area contributed by atoms with E-state index in [1.165, 1.54) is 11.1 Å². The molecule has 0 saturated carbocycles. The van der Waals surface area contributed by atoms with Crippen LogP contribution in [-0.4, -0.2) is 15.8 Å². The molecule has 0 spiro atoms. The van der Waals surface area contributed by atoms with Crippen molar-refractivity contribution >= 4 is 0 Å². The Kier molecular flexibility index (Phi) is 3.59. The van der Waals surface area contributed by atoms with Gasteiger partial charge in [0.15, 0.2) is 0 Å². The van der Waals surface area contributed by atoms with Crippen LogP contribution in [0.2, 0.25) is 0 Å². The Balaban J connectivity index is 2.20. The summed E-state index contributed by atoms with van der Waals surface area (Å²) in [4.78, 5) is 0. The monoisotopic (exact) mass is 229 g/mol. The molecule has 0 bridgehead atoms. The molecule has 1 heterocycles. The molecule has 2 rings (SSSR count). The highest BCUT2D eigenvalue weighted by molar-refractivity contribution is 5.60. The molecule has 1 N–H and O–H groups in total. The van der Waals surface area contributed by atoms with E-state index < -0.39 is 0 Å². The number of nitrogens with zero attached hydrogens (tertiary/aromatic N) is 2. The van der Waals surface area contributed by atoms with Crippen molar-refractivity contribution in [2.24, 2.45) is 7.05 Å². The Hall–Kier alpha value is -1.61. The summed E-state index contributed by atoms with van der Waals surface area (Å²) in [7, 11) is 1.97. The van der Waals surface area contributed by atoms with E-state index in [0.29, 0.717) is 6.04 Å². The van der Waals surface area contributed by atoms with Crippen molar-refractivity contribution < 1.29 is 0 Å². The summed E-state index contributed by atoms with van der Waals surface area (Å²) >= 11 is 0. The zero-order valence-electron chi connectivity index (χ0n) is 10.6. The van der Waals surface area contributed by atoms with Gasteiger partial charge in [-0.05, 0) is 17.7 Å². The fourth-order valence-corrected chi connectivity index (χ4v) is 1.82. The van der Waals surface area contributed by atoms with Gasteiger partial charge in [0, 0.05) is 31.4 Å². The Bertz CT molecular complexity index is 486. The van der Waals surface area contributed by atoms with E-state index in [0.717, 1.165) is 12.2 Å². The van der Waals surface area contributed by atoms with Gasteiger partial charge < -0.3 is 5.32 Å². The van der Waals surface area contributed by atoms with Crippen molar-refractivity contribution in [1.82, 2.24) is 15.1 Å². The average Bonchev–Trinajstić information content (AvgIpc) is 2.73. The van der Waals surface area contributed by atoms with Gasteiger partial charge in [-0.15, -0.1) is 0 Å². The number of hydrogen-bond donors (Lipinski definition) is 1. The maximum atomic E-state index is 4.20. The molecule has 0 aliphatic rings. The Labute approximate surface area is 102 Å². The molecule has 0 aliphatic heterocycles. The van der Waals surface area contributed by atoms with E-state index in [1.807, 2.05) is 24.0 Å². The maximum Gasteiger partial charge on any atom is 0.0678 e. The molecule has 0 aliphatic carbocycles. The lowest BCUT2D eigenvalue weighted by molar-refractivity contribution is 0.589. The fraction of sp³-hybridized carbons (Fsp3) is 0.357. The van der Waals surface area contributed by atoms with Crippen molar-refractivity contribution in [1.29, 1.82) is 0 Å². The molecule has 0 amide bonds. The summed E-state index contributed by atoms with van der Waals surface area (Å²) in [5.41, 5.74) is 3.67. The molecule has 3 heteroatoms. The van der Waals surface area contributed by atoms with Crippen LogP contribution in [0.5, 0.6) is 0 Å². The molecule has 0 unspecified atom stereocenters. The zero-order valence-corrected chi connectivity index (χ0v) is 10.6. The molecule has 0 saturated heterocycles. The fourth-order valence-electron chi connectivity index (χ4n) is 1.82. The van der Waals surface area contributed by atoms with Crippen LogP contribution in [0, 0.1) is 0 Å². The highest BCUT2D eigenvalue weighted by Crippen LogP contribution is 2.19. The standard InChI is InChI=1S/C14H19N3/c1-11(2)15-10-12-5-4-6-13(9-12)14-7-8-16-17(14)3/h4-9,11,15H,10H2,1-3H3. The second-order valence-corrected chi connectivity index (χ2v) is 4.58. The van der Waals surface area contributed by atoms with Crippen LogP contribution in [0.3, 0.4) is 0 Å². The van der Waals surface area contributed by atoms with Crippen LogP contribution in [0.25, 0.3) is 11.3 Å². The molecule has 1 aromatic heterocycles. The first-order valence-electron chi connectivity index (χ1n) is 5.97. The highest BCUT2D eigenvalue weighted by atomic mass is 15.2. The van der Waals surface area contributed by atoms with Crippen LogP contribution in [0.1, 0.15) is 19.4 Å². The predicted molar refractivity (Wildman–Crippen MR) is 70.6 cm³/mol. The molecule has 0 atom stereocenters. The quantitative estimate of drug-likeness (QED) is 0.873. The van der Waals surface area contributed by atoms with Gasteiger partial charge in [0.1, 0.15) is 0 Å². The minimum atomic E-state index is 0.510.